The standard InChI is InChI=1S/C16H24FN3O/c1-11-6-7-13(8-15(11)17)19-16(21)10-20-12(2)4-3-5-14(20)9-18/h6-8,12,14H,3-5,9-10,18H2,1-2H3,(H,19,21). The van der Waals surface area contributed by atoms with E-state index in [1.54, 1.807) is 19.1 Å². The maximum Gasteiger partial charge on any atom is 0.238 e. The van der Waals surface area contributed by atoms with Crippen LogP contribution in [0.5, 0.6) is 0 Å². The highest BCUT2D eigenvalue weighted by Crippen LogP contribution is 2.22. The Bertz CT molecular complexity index is 506. The van der Waals surface area contributed by atoms with E-state index in [4.69, 9.17) is 5.73 Å². The van der Waals surface area contributed by atoms with Gasteiger partial charge < -0.3 is 11.1 Å². The van der Waals surface area contributed by atoms with Gasteiger partial charge in [0.15, 0.2) is 0 Å². The second-order valence-corrected chi connectivity index (χ2v) is 5.85. The highest BCUT2D eigenvalue weighted by atomic mass is 19.1. The number of hydrogen-bond donors (Lipinski definition) is 2. The number of piperidine rings is 1. The third-order valence-corrected chi connectivity index (χ3v) is 4.25. The van der Waals surface area contributed by atoms with E-state index in [1.165, 1.54) is 6.07 Å². The summed E-state index contributed by atoms with van der Waals surface area (Å²) < 4.78 is 13.5. The second-order valence-electron chi connectivity index (χ2n) is 5.85. The molecule has 116 valence electrons. The van der Waals surface area contributed by atoms with Crippen LogP contribution in [-0.2, 0) is 4.79 Å². The molecule has 0 bridgehead atoms. The van der Waals surface area contributed by atoms with Gasteiger partial charge in [-0.05, 0) is 44.4 Å². The number of nitrogens with one attached hydrogen (secondary N) is 1. The van der Waals surface area contributed by atoms with Gasteiger partial charge in [0.05, 0.1) is 6.54 Å². The van der Waals surface area contributed by atoms with E-state index in [-0.39, 0.29) is 17.8 Å². The fourth-order valence-electron chi connectivity index (χ4n) is 2.92. The molecule has 4 nitrogen and oxygen atoms in total. The molecule has 1 aromatic carbocycles. The Morgan fingerprint density at radius 2 is 2.24 bits per heavy atom. The number of aryl methyl sites for hydroxylation is 1. The molecule has 5 heteroatoms. The Labute approximate surface area is 125 Å². The van der Waals surface area contributed by atoms with E-state index in [1.807, 2.05) is 0 Å². The molecule has 21 heavy (non-hydrogen) atoms. The normalized spacial score (nSPS) is 23.0. The van der Waals surface area contributed by atoms with Gasteiger partial charge in [-0.3, -0.25) is 9.69 Å². The van der Waals surface area contributed by atoms with Crippen LogP contribution in [0.25, 0.3) is 0 Å². The monoisotopic (exact) mass is 293 g/mol. The summed E-state index contributed by atoms with van der Waals surface area (Å²) in [5, 5.41) is 2.76. The number of rotatable bonds is 4. The third kappa shape index (κ3) is 4.02. The first-order valence-electron chi connectivity index (χ1n) is 7.53. The number of amides is 1. The van der Waals surface area contributed by atoms with Crippen molar-refractivity contribution in [2.24, 2.45) is 5.73 Å². The number of halogens is 1. The first-order valence-corrected chi connectivity index (χ1v) is 7.53. The molecule has 2 unspecified atom stereocenters. The summed E-state index contributed by atoms with van der Waals surface area (Å²) in [5.41, 5.74) is 6.87. The van der Waals surface area contributed by atoms with Crippen LogP contribution in [0.1, 0.15) is 31.7 Å². The summed E-state index contributed by atoms with van der Waals surface area (Å²) in [7, 11) is 0. The number of carbonyl (C=O) groups excluding carboxylic acids is 1. The van der Waals surface area contributed by atoms with Gasteiger partial charge in [0, 0.05) is 24.3 Å². The topological polar surface area (TPSA) is 58.4 Å². The lowest BCUT2D eigenvalue weighted by atomic mass is 9.96. The van der Waals surface area contributed by atoms with Crippen LogP contribution in [0.2, 0.25) is 0 Å². The average molecular weight is 293 g/mol. The number of nitrogens with two attached hydrogens (primary N) is 1. The van der Waals surface area contributed by atoms with Gasteiger partial charge >= 0.3 is 0 Å². The highest BCUT2D eigenvalue weighted by Gasteiger charge is 2.28. The van der Waals surface area contributed by atoms with Gasteiger partial charge in [-0.1, -0.05) is 12.5 Å². The van der Waals surface area contributed by atoms with Crippen molar-refractivity contribution >= 4 is 11.6 Å². The Morgan fingerprint density at radius 1 is 1.48 bits per heavy atom. The molecule has 2 rings (SSSR count). The maximum absolute atomic E-state index is 13.5. The van der Waals surface area contributed by atoms with E-state index in [2.05, 4.69) is 17.1 Å². The summed E-state index contributed by atoms with van der Waals surface area (Å²) in [4.78, 5) is 14.3. The van der Waals surface area contributed by atoms with Crippen LogP contribution in [0.3, 0.4) is 0 Å². The highest BCUT2D eigenvalue weighted by molar-refractivity contribution is 5.92. The lowest BCUT2D eigenvalue weighted by Gasteiger charge is -2.39. The molecule has 2 atom stereocenters. The lowest BCUT2D eigenvalue weighted by Crippen LogP contribution is -2.51. The Hall–Kier alpha value is -1.46. The molecule has 0 saturated carbocycles. The van der Waals surface area contributed by atoms with Crippen LogP contribution in [-0.4, -0.2) is 36.0 Å². The van der Waals surface area contributed by atoms with Crippen molar-refractivity contribution in [3.63, 3.8) is 0 Å². The molecule has 1 aliphatic rings. The predicted octanol–water partition coefficient (Wildman–Crippen LogP) is 2.27. The van der Waals surface area contributed by atoms with Crippen molar-refractivity contribution in [2.45, 2.75) is 45.2 Å². The molecule has 0 aliphatic carbocycles. The first kappa shape index (κ1) is 15.9. The van der Waals surface area contributed by atoms with Crippen molar-refractivity contribution in [1.29, 1.82) is 0 Å². The van der Waals surface area contributed by atoms with Crippen molar-refractivity contribution in [3.05, 3.63) is 29.6 Å². The van der Waals surface area contributed by atoms with Crippen molar-refractivity contribution in [3.8, 4) is 0 Å². The summed E-state index contributed by atoms with van der Waals surface area (Å²) in [6.45, 7) is 4.69. The molecular weight excluding hydrogens is 269 g/mol. The third-order valence-electron chi connectivity index (χ3n) is 4.25. The molecule has 1 aromatic rings. The van der Waals surface area contributed by atoms with E-state index in [9.17, 15) is 9.18 Å². The molecule has 1 fully saturated rings. The van der Waals surface area contributed by atoms with Gasteiger partial charge in [0.25, 0.3) is 0 Å². The SMILES string of the molecule is Cc1ccc(NC(=O)CN2C(C)CCCC2CN)cc1F. The molecule has 3 N–H and O–H groups in total. The number of nitrogens with zero attached hydrogens (tertiary/aromatic N) is 1. The quantitative estimate of drug-likeness (QED) is 0.895. The summed E-state index contributed by atoms with van der Waals surface area (Å²) >= 11 is 0. The van der Waals surface area contributed by atoms with Crippen LogP contribution < -0.4 is 11.1 Å². The zero-order valence-corrected chi connectivity index (χ0v) is 12.7. The molecule has 1 saturated heterocycles. The molecular formula is C16H24FN3O. The van der Waals surface area contributed by atoms with Crippen molar-refractivity contribution in [1.82, 2.24) is 4.90 Å². The number of benzene rings is 1. The molecule has 1 heterocycles. The number of carbonyl (C=O) groups is 1. The largest absolute Gasteiger partial charge is 0.329 e. The first-order chi connectivity index (χ1) is 10.0. The smallest absolute Gasteiger partial charge is 0.238 e. The average Bonchev–Trinajstić information content (AvgIpc) is 2.45. The van der Waals surface area contributed by atoms with Gasteiger partial charge in [-0.25, -0.2) is 4.39 Å². The minimum absolute atomic E-state index is 0.120. The Balaban J connectivity index is 1.98. The van der Waals surface area contributed by atoms with E-state index in [0.29, 0.717) is 30.4 Å². The summed E-state index contributed by atoms with van der Waals surface area (Å²) in [5.74, 6) is -0.426. The Kier molecular flexibility index (Phi) is 5.31. The Morgan fingerprint density at radius 3 is 2.90 bits per heavy atom. The van der Waals surface area contributed by atoms with E-state index >= 15 is 0 Å². The molecule has 1 amide bonds. The molecule has 1 aliphatic heterocycles. The van der Waals surface area contributed by atoms with Crippen LogP contribution in [0.4, 0.5) is 10.1 Å². The zero-order chi connectivity index (χ0) is 15.4. The molecule has 0 spiro atoms. The van der Waals surface area contributed by atoms with E-state index in [0.717, 1.165) is 19.3 Å². The van der Waals surface area contributed by atoms with Crippen molar-refractivity contribution < 1.29 is 9.18 Å². The maximum atomic E-state index is 13.5. The van der Waals surface area contributed by atoms with Crippen LogP contribution >= 0.6 is 0 Å². The second kappa shape index (κ2) is 7.00. The van der Waals surface area contributed by atoms with E-state index < -0.39 is 0 Å². The summed E-state index contributed by atoms with van der Waals surface area (Å²) in [6.07, 6.45) is 3.28. The van der Waals surface area contributed by atoms with Crippen molar-refractivity contribution in [2.75, 3.05) is 18.4 Å². The number of likely N-dealkylation sites (tertiary alicyclic amines) is 1. The van der Waals surface area contributed by atoms with Gasteiger partial charge in [-0.2, -0.15) is 0 Å². The molecule has 0 radical (unpaired) electrons. The lowest BCUT2D eigenvalue weighted by molar-refractivity contribution is -0.118. The minimum atomic E-state index is -0.307. The zero-order valence-electron chi connectivity index (χ0n) is 12.7. The molecule has 0 aromatic heterocycles. The van der Waals surface area contributed by atoms with Crippen LogP contribution in [0, 0.1) is 12.7 Å². The fraction of sp³-hybridized carbons (Fsp3) is 0.562. The fourth-order valence-corrected chi connectivity index (χ4v) is 2.92. The minimum Gasteiger partial charge on any atom is -0.329 e. The van der Waals surface area contributed by atoms with Gasteiger partial charge in [0.1, 0.15) is 5.82 Å². The van der Waals surface area contributed by atoms with Gasteiger partial charge in [0.2, 0.25) is 5.91 Å². The number of anilines is 1. The van der Waals surface area contributed by atoms with Gasteiger partial charge in [-0.15, -0.1) is 0 Å². The summed E-state index contributed by atoms with van der Waals surface area (Å²) in [6, 6.07) is 5.35. The predicted molar refractivity (Wildman–Crippen MR) is 82.6 cm³/mol. The van der Waals surface area contributed by atoms with Crippen LogP contribution in [0.15, 0.2) is 18.2 Å². The number of hydrogen-bond acceptors (Lipinski definition) is 3.